The average molecular weight is 203 g/mol. The molecule has 84 valence electrons. The Balaban J connectivity index is 2.23. The minimum absolute atomic E-state index is 0.0456. The fourth-order valence-electron chi connectivity index (χ4n) is 1.92. The fourth-order valence-corrected chi connectivity index (χ4v) is 1.92. The fraction of sp³-hybridized carbons (Fsp3) is 1.00. The van der Waals surface area contributed by atoms with E-state index in [1.807, 2.05) is 0 Å². The van der Waals surface area contributed by atoms with E-state index < -0.39 is 5.60 Å². The van der Waals surface area contributed by atoms with Gasteiger partial charge in [-0.15, -0.1) is 0 Å². The summed E-state index contributed by atoms with van der Waals surface area (Å²) >= 11 is 0. The predicted molar refractivity (Wildman–Crippen MR) is 54.2 cm³/mol. The van der Waals surface area contributed by atoms with Crippen LogP contribution in [0.1, 0.15) is 25.7 Å². The summed E-state index contributed by atoms with van der Waals surface area (Å²) in [6.45, 7) is 1.08. The third-order valence-corrected chi connectivity index (χ3v) is 2.84. The lowest BCUT2D eigenvalue weighted by atomic mass is 10.0. The van der Waals surface area contributed by atoms with Gasteiger partial charge < -0.3 is 20.3 Å². The van der Waals surface area contributed by atoms with Crippen LogP contribution < -0.4 is 5.32 Å². The van der Waals surface area contributed by atoms with Crippen molar-refractivity contribution in [2.24, 2.45) is 0 Å². The van der Waals surface area contributed by atoms with E-state index in [-0.39, 0.29) is 12.6 Å². The first-order valence-corrected chi connectivity index (χ1v) is 5.26. The zero-order chi connectivity index (χ0) is 10.4. The van der Waals surface area contributed by atoms with E-state index in [4.69, 9.17) is 9.84 Å². The number of hydrogen-bond acceptors (Lipinski definition) is 4. The highest BCUT2D eigenvalue weighted by Gasteiger charge is 2.31. The molecule has 0 bridgehead atoms. The number of nitrogens with one attached hydrogen (secondary N) is 1. The van der Waals surface area contributed by atoms with Gasteiger partial charge in [-0.1, -0.05) is 12.8 Å². The lowest BCUT2D eigenvalue weighted by Gasteiger charge is -2.25. The maximum absolute atomic E-state index is 10.0. The topological polar surface area (TPSA) is 61.7 Å². The number of rotatable bonds is 6. The molecule has 1 atom stereocenters. The van der Waals surface area contributed by atoms with Crippen molar-refractivity contribution < 1.29 is 14.9 Å². The van der Waals surface area contributed by atoms with Crippen LogP contribution in [0.4, 0.5) is 0 Å². The molecule has 0 aromatic rings. The maximum Gasteiger partial charge on any atom is 0.0771 e. The molecule has 0 radical (unpaired) electrons. The van der Waals surface area contributed by atoms with Gasteiger partial charge in [0.2, 0.25) is 0 Å². The Hall–Kier alpha value is -0.160. The molecule has 1 aliphatic carbocycles. The van der Waals surface area contributed by atoms with Crippen LogP contribution in [0.15, 0.2) is 0 Å². The number of methoxy groups -OCH3 is 1. The Bertz CT molecular complexity index is 157. The maximum atomic E-state index is 10.0. The number of ether oxygens (including phenoxy) is 1. The second-order valence-electron chi connectivity index (χ2n) is 4.15. The van der Waals surface area contributed by atoms with E-state index in [0.29, 0.717) is 13.2 Å². The van der Waals surface area contributed by atoms with E-state index in [1.165, 1.54) is 0 Å². The van der Waals surface area contributed by atoms with Gasteiger partial charge in [0.25, 0.3) is 0 Å². The molecule has 1 saturated carbocycles. The lowest BCUT2D eigenvalue weighted by Crippen LogP contribution is -2.45. The van der Waals surface area contributed by atoms with Crippen molar-refractivity contribution in [2.75, 3.05) is 26.9 Å². The Kier molecular flexibility index (Phi) is 4.81. The first-order chi connectivity index (χ1) is 6.70. The van der Waals surface area contributed by atoms with Gasteiger partial charge in [0.05, 0.1) is 24.9 Å². The van der Waals surface area contributed by atoms with E-state index in [2.05, 4.69) is 5.32 Å². The van der Waals surface area contributed by atoms with Gasteiger partial charge in [-0.25, -0.2) is 0 Å². The van der Waals surface area contributed by atoms with Crippen molar-refractivity contribution in [3.05, 3.63) is 0 Å². The van der Waals surface area contributed by atoms with Gasteiger partial charge in [0.1, 0.15) is 0 Å². The third-order valence-electron chi connectivity index (χ3n) is 2.84. The van der Waals surface area contributed by atoms with E-state index in [0.717, 1.165) is 25.7 Å². The standard InChI is InChI=1S/C10H21NO3/c1-14-7-9(6-12)11-8-10(13)4-2-3-5-10/h9,11-13H,2-8H2,1H3. The molecule has 4 nitrogen and oxygen atoms in total. The minimum atomic E-state index is -0.554. The van der Waals surface area contributed by atoms with Crippen molar-refractivity contribution in [3.63, 3.8) is 0 Å². The molecule has 0 aromatic heterocycles. The summed E-state index contributed by atoms with van der Waals surface area (Å²) in [5, 5.41) is 22.1. The molecule has 4 heteroatoms. The summed E-state index contributed by atoms with van der Waals surface area (Å²) in [6.07, 6.45) is 3.94. The molecule has 0 amide bonds. The van der Waals surface area contributed by atoms with Crippen molar-refractivity contribution in [3.8, 4) is 0 Å². The quantitative estimate of drug-likeness (QED) is 0.563. The van der Waals surface area contributed by atoms with Crippen molar-refractivity contribution in [2.45, 2.75) is 37.3 Å². The predicted octanol–water partition coefficient (Wildman–Crippen LogP) is -0.112. The molecule has 3 N–H and O–H groups in total. The molecule has 1 aliphatic rings. The molecule has 1 fully saturated rings. The summed E-state index contributed by atoms with van der Waals surface area (Å²) in [5.41, 5.74) is -0.554. The Morgan fingerprint density at radius 2 is 2.07 bits per heavy atom. The van der Waals surface area contributed by atoms with Crippen LogP contribution in [-0.4, -0.2) is 48.7 Å². The van der Waals surface area contributed by atoms with Crippen molar-refractivity contribution in [1.82, 2.24) is 5.32 Å². The summed E-state index contributed by atoms with van der Waals surface area (Å²) in [5.74, 6) is 0. The smallest absolute Gasteiger partial charge is 0.0771 e. The molecule has 0 aliphatic heterocycles. The molecule has 0 spiro atoms. The van der Waals surface area contributed by atoms with Gasteiger partial charge in [0, 0.05) is 13.7 Å². The molecule has 14 heavy (non-hydrogen) atoms. The molecule has 1 rings (SSSR count). The summed E-state index contributed by atoms with van der Waals surface area (Å²) in [7, 11) is 1.61. The first-order valence-electron chi connectivity index (χ1n) is 5.26. The largest absolute Gasteiger partial charge is 0.395 e. The Labute approximate surface area is 85.3 Å². The molecular formula is C10H21NO3. The Morgan fingerprint density at radius 3 is 2.57 bits per heavy atom. The lowest BCUT2D eigenvalue weighted by molar-refractivity contribution is 0.0360. The summed E-state index contributed by atoms with van der Waals surface area (Å²) < 4.78 is 4.94. The van der Waals surface area contributed by atoms with Gasteiger partial charge in [0.15, 0.2) is 0 Å². The van der Waals surface area contributed by atoms with Crippen LogP contribution >= 0.6 is 0 Å². The summed E-state index contributed by atoms with van der Waals surface area (Å²) in [6, 6.07) is -0.0652. The van der Waals surface area contributed by atoms with Crippen LogP contribution in [-0.2, 0) is 4.74 Å². The minimum Gasteiger partial charge on any atom is -0.395 e. The molecule has 0 saturated heterocycles. The first kappa shape index (κ1) is 11.9. The monoisotopic (exact) mass is 203 g/mol. The zero-order valence-corrected chi connectivity index (χ0v) is 8.83. The highest BCUT2D eigenvalue weighted by molar-refractivity contribution is 4.87. The zero-order valence-electron chi connectivity index (χ0n) is 8.83. The highest BCUT2D eigenvalue weighted by atomic mass is 16.5. The second kappa shape index (κ2) is 5.66. The number of aliphatic hydroxyl groups is 2. The van der Waals surface area contributed by atoms with E-state index in [1.54, 1.807) is 7.11 Å². The van der Waals surface area contributed by atoms with Gasteiger partial charge >= 0.3 is 0 Å². The van der Waals surface area contributed by atoms with Crippen LogP contribution in [0, 0.1) is 0 Å². The van der Waals surface area contributed by atoms with E-state index in [9.17, 15) is 5.11 Å². The van der Waals surface area contributed by atoms with E-state index >= 15 is 0 Å². The second-order valence-corrected chi connectivity index (χ2v) is 4.15. The van der Waals surface area contributed by atoms with Gasteiger partial charge in [-0.3, -0.25) is 0 Å². The summed E-state index contributed by atoms with van der Waals surface area (Å²) in [4.78, 5) is 0. The highest BCUT2D eigenvalue weighted by Crippen LogP contribution is 2.28. The normalized spacial score (nSPS) is 22.5. The van der Waals surface area contributed by atoms with Crippen LogP contribution in [0.3, 0.4) is 0 Å². The van der Waals surface area contributed by atoms with Crippen LogP contribution in [0.5, 0.6) is 0 Å². The molecule has 0 aromatic carbocycles. The van der Waals surface area contributed by atoms with Crippen LogP contribution in [0.25, 0.3) is 0 Å². The van der Waals surface area contributed by atoms with Crippen molar-refractivity contribution >= 4 is 0 Å². The van der Waals surface area contributed by atoms with Gasteiger partial charge in [-0.05, 0) is 12.8 Å². The average Bonchev–Trinajstić information content (AvgIpc) is 2.60. The van der Waals surface area contributed by atoms with Gasteiger partial charge in [-0.2, -0.15) is 0 Å². The third kappa shape index (κ3) is 3.53. The molecule has 0 heterocycles. The molecule has 1 unspecified atom stereocenters. The number of aliphatic hydroxyl groups excluding tert-OH is 1. The molecular weight excluding hydrogens is 182 g/mol. The SMILES string of the molecule is COCC(CO)NCC1(O)CCCC1. The Morgan fingerprint density at radius 1 is 1.43 bits per heavy atom. The van der Waals surface area contributed by atoms with Crippen molar-refractivity contribution in [1.29, 1.82) is 0 Å². The van der Waals surface area contributed by atoms with Crippen LogP contribution in [0.2, 0.25) is 0 Å². The number of hydrogen-bond donors (Lipinski definition) is 3.